The van der Waals surface area contributed by atoms with Gasteiger partial charge in [-0.1, -0.05) is 0 Å². The number of halogens is 1. The van der Waals surface area contributed by atoms with Gasteiger partial charge in [0.1, 0.15) is 0 Å². The van der Waals surface area contributed by atoms with Crippen LogP contribution in [0.5, 0.6) is 0 Å². The fraction of sp³-hybridized carbons (Fsp3) is 0.500. The molecule has 0 saturated carbocycles. The van der Waals surface area contributed by atoms with Crippen molar-refractivity contribution in [1.82, 2.24) is 4.98 Å². The van der Waals surface area contributed by atoms with E-state index in [9.17, 15) is 5.11 Å². The van der Waals surface area contributed by atoms with Gasteiger partial charge < -0.3 is 10.4 Å². The van der Waals surface area contributed by atoms with Gasteiger partial charge >= 0.3 is 0 Å². The highest BCUT2D eigenvalue weighted by Gasteiger charge is 2.24. The minimum absolute atomic E-state index is 0.357. The molecule has 1 rings (SSSR count). The quantitative estimate of drug-likeness (QED) is 0.876. The highest BCUT2D eigenvalue weighted by atomic mass is 79.9. The van der Waals surface area contributed by atoms with Crippen molar-refractivity contribution in [2.45, 2.75) is 32.4 Å². The number of pyridine rings is 1. The summed E-state index contributed by atoms with van der Waals surface area (Å²) in [5.74, 6) is 0. The number of hydrogen-bond acceptors (Lipinski definition) is 3. The van der Waals surface area contributed by atoms with E-state index in [1.807, 2.05) is 19.9 Å². The minimum atomic E-state index is -0.428. The van der Waals surface area contributed by atoms with Gasteiger partial charge in [0.15, 0.2) is 0 Å². The third-order valence-corrected chi connectivity index (χ3v) is 2.91. The second kappa shape index (κ2) is 4.28. The van der Waals surface area contributed by atoms with Crippen molar-refractivity contribution in [2.24, 2.45) is 0 Å². The summed E-state index contributed by atoms with van der Waals surface area (Å²) in [5, 5.41) is 12.8. The molecule has 4 heteroatoms. The average molecular weight is 259 g/mol. The summed E-state index contributed by atoms with van der Waals surface area (Å²) < 4.78 is 0.897. The van der Waals surface area contributed by atoms with Gasteiger partial charge in [0.25, 0.3) is 0 Å². The first-order valence-electron chi connectivity index (χ1n) is 4.49. The van der Waals surface area contributed by atoms with Gasteiger partial charge in [0.05, 0.1) is 21.8 Å². The lowest BCUT2D eigenvalue weighted by Gasteiger charge is -2.30. The lowest BCUT2D eigenvalue weighted by atomic mass is 9.98. The van der Waals surface area contributed by atoms with Gasteiger partial charge in [-0.05, 0) is 42.8 Å². The Kier molecular flexibility index (Phi) is 3.50. The third-order valence-electron chi connectivity index (χ3n) is 2.27. The van der Waals surface area contributed by atoms with Crippen molar-refractivity contribution in [3.63, 3.8) is 0 Å². The van der Waals surface area contributed by atoms with Gasteiger partial charge in [0, 0.05) is 12.4 Å². The van der Waals surface area contributed by atoms with E-state index in [2.05, 4.69) is 26.2 Å². The molecule has 2 N–H and O–H groups in total. The predicted molar refractivity (Wildman–Crippen MR) is 61.3 cm³/mol. The molecule has 0 aliphatic carbocycles. The van der Waals surface area contributed by atoms with Crippen LogP contribution in [0.1, 0.15) is 20.8 Å². The zero-order valence-electron chi connectivity index (χ0n) is 8.58. The lowest BCUT2D eigenvalue weighted by Crippen LogP contribution is -2.41. The van der Waals surface area contributed by atoms with E-state index in [1.54, 1.807) is 19.3 Å². The monoisotopic (exact) mass is 258 g/mol. The molecule has 0 bridgehead atoms. The molecule has 0 aromatic carbocycles. The summed E-state index contributed by atoms with van der Waals surface area (Å²) in [6.45, 7) is 5.66. The van der Waals surface area contributed by atoms with Gasteiger partial charge in [-0.25, -0.2) is 0 Å². The van der Waals surface area contributed by atoms with Crippen LogP contribution in [-0.2, 0) is 0 Å². The topological polar surface area (TPSA) is 45.1 Å². The van der Waals surface area contributed by atoms with E-state index in [0.717, 1.165) is 10.2 Å². The molecule has 0 saturated heterocycles. The van der Waals surface area contributed by atoms with Gasteiger partial charge in [-0.2, -0.15) is 0 Å². The average Bonchev–Trinajstić information content (AvgIpc) is 2.08. The molecule has 1 atom stereocenters. The smallest absolute Gasteiger partial charge is 0.0736 e. The number of aliphatic hydroxyl groups excluding tert-OH is 1. The minimum Gasteiger partial charge on any atom is -0.391 e. The first-order valence-corrected chi connectivity index (χ1v) is 5.28. The van der Waals surface area contributed by atoms with Crippen LogP contribution in [0, 0.1) is 0 Å². The SMILES string of the molecule is CC(O)C(C)(C)Nc1ccncc1Br. The van der Waals surface area contributed by atoms with Crippen LogP contribution >= 0.6 is 15.9 Å². The molecule has 0 aliphatic rings. The Labute approximate surface area is 92.7 Å². The van der Waals surface area contributed by atoms with Crippen molar-refractivity contribution in [1.29, 1.82) is 0 Å². The molecule has 14 heavy (non-hydrogen) atoms. The molecule has 1 heterocycles. The summed E-state index contributed by atoms with van der Waals surface area (Å²) in [5.41, 5.74) is 0.579. The Morgan fingerprint density at radius 1 is 1.57 bits per heavy atom. The van der Waals surface area contributed by atoms with E-state index in [1.165, 1.54) is 0 Å². The van der Waals surface area contributed by atoms with Crippen LogP contribution in [0.3, 0.4) is 0 Å². The zero-order valence-corrected chi connectivity index (χ0v) is 10.2. The van der Waals surface area contributed by atoms with Crippen molar-refractivity contribution in [3.05, 3.63) is 22.9 Å². The van der Waals surface area contributed by atoms with E-state index in [4.69, 9.17) is 0 Å². The van der Waals surface area contributed by atoms with Crippen LogP contribution in [0.15, 0.2) is 22.9 Å². The molecule has 78 valence electrons. The maximum atomic E-state index is 9.54. The summed E-state index contributed by atoms with van der Waals surface area (Å²) in [6, 6.07) is 1.87. The Bertz CT molecular complexity index is 313. The Morgan fingerprint density at radius 3 is 2.71 bits per heavy atom. The van der Waals surface area contributed by atoms with Gasteiger partial charge in [-0.15, -0.1) is 0 Å². The summed E-state index contributed by atoms with van der Waals surface area (Å²) in [6.07, 6.45) is 3.01. The predicted octanol–water partition coefficient (Wildman–Crippen LogP) is 2.42. The second-order valence-electron chi connectivity index (χ2n) is 3.88. The zero-order chi connectivity index (χ0) is 10.8. The summed E-state index contributed by atoms with van der Waals surface area (Å²) >= 11 is 3.39. The molecule has 3 nitrogen and oxygen atoms in total. The van der Waals surface area contributed by atoms with Gasteiger partial charge in [-0.3, -0.25) is 4.98 Å². The molecule has 1 aromatic rings. The number of nitrogens with one attached hydrogen (secondary N) is 1. The normalized spacial score (nSPS) is 13.8. The largest absolute Gasteiger partial charge is 0.391 e. The highest BCUT2D eigenvalue weighted by Crippen LogP contribution is 2.25. The molecule has 0 fully saturated rings. The van der Waals surface area contributed by atoms with Crippen LogP contribution < -0.4 is 5.32 Å². The van der Waals surface area contributed by atoms with E-state index < -0.39 is 6.10 Å². The van der Waals surface area contributed by atoms with Crippen LogP contribution in [-0.4, -0.2) is 21.7 Å². The van der Waals surface area contributed by atoms with E-state index >= 15 is 0 Å². The molecule has 1 unspecified atom stereocenters. The van der Waals surface area contributed by atoms with Crippen molar-refractivity contribution >= 4 is 21.6 Å². The number of aromatic nitrogens is 1. The maximum absolute atomic E-state index is 9.54. The van der Waals surface area contributed by atoms with Crippen LogP contribution in [0.25, 0.3) is 0 Å². The number of hydrogen-bond donors (Lipinski definition) is 2. The second-order valence-corrected chi connectivity index (χ2v) is 4.73. The maximum Gasteiger partial charge on any atom is 0.0736 e. The molecule has 1 aromatic heterocycles. The van der Waals surface area contributed by atoms with Crippen molar-refractivity contribution < 1.29 is 5.11 Å². The number of rotatable bonds is 3. The molecule has 0 spiro atoms. The van der Waals surface area contributed by atoms with Crippen LogP contribution in [0.4, 0.5) is 5.69 Å². The van der Waals surface area contributed by atoms with Crippen LogP contribution in [0.2, 0.25) is 0 Å². The molecule has 0 amide bonds. The first kappa shape index (κ1) is 11.5. The molecular formula is C10H15BrN2O. The molecular weight excluding hydrogens is 244 g/mol. The standard InChI is InChI=1S/C10H15BrN2O/c1-7(14)10(2,3)13-9-4-5-12-6-8(9)11/h4-7,14H,1-3H3,(H,12,13). The Balaban J connectivity index is 2.84. The lowest BCUT2D eigenvalue weighted by molar-refractivity contribution is 0.133. The van der Waals surface area contributed by atoms with Crippen molar-refractivity contribution in [2.75, 3.05) is 5.32 Å². The molecule has 0 aliphatic heterocycles. The molecule has 0 radical (unpaired) electrons. The number of aliphatic hydroxyl groups is 1. The fourth-order valence-electron chi connectivity index (χ4n) is 0.928. The Hall–Kier alpha value is -0.610. The van der Waals surface area contributed by atoms with Crippen molar-refractivity contribution in [3.8, 4) is 0 Å². The van der Waals surface area contributed by atoms with E-state index in [0.29, 0.717) is 0 Å². The first-order chi connectivity index (χ1) is 6.43. The number of anilines is 1. The summed E-state index contributed by atoms with van der Waals surface area (Å²) in [7, 11) is 0. The van der Waals surface area contributed by atoms with E-state index in [-0.39, 0.29) is 5.54 Å². The summed E-state index contributed by atoms with van der Waals surface area (Å²) in [4.78, 5) is 3.97. The fourth-order valence-corrected chi connectivity index (χ4v) is 1.28. The number of nitrogens with zero attached hydrogens (tertiary/aromatic N) is 1. The highest BCUT2D eigenvalue weighted by molar-refractivity contribution is 9.10. The van der Waals surface area contributed by atoms with Gasteiger partial charge in [0.2, 0.25) is 0 Å². The third kappa shape index (κ3) is 2.69. The Morgan fingerprint density at radius 2 is 2.21 bits per heavy atom.